The van der Waals surface area contributed by atoms with Gasteiger partial charge in [-0.3, -0.25) is 0 Å². The van der Waals surface area contributed by atoms with Gasteiger partial charge in [0.25, 0.3) is 0 Å². The minimum atomic E-state index is -2.15. The third kappa shape index (κ3) is 11.5. The molecule has 0 aromatic carbocycles. The molecule has 20 heterocycles. The first-order valence-electron chi connectivity index (χ1n) is 23.1. The summed E-state index contributed by atoms with van der Waals surface area (Å²) in [7, 11) is 0. The first-order chi connectivity index (χ1) is 33.4. The molecule has 30 heteroatoms. The Bertz CT molecular complexity index is 1580. The fourth-order valence-corrected chi connectivity index (χ4v) is 9.78. The molecule has 12 bridgehead atoms. The molecule has 30 nitrogen and oxygen atoms in total. The van der Waals surface area contributed by atoms with Crippen molar-refractivity contribution in [3.05, 3.63) is 0 Å². The third-order valence-corrected chi connectivity index (χ3v) is 13.8. The SMILES string of the molecule is OCC1OC2OC3C(CO)OC(OC4C(CO)OC(OC5C(CO)OC(OC6C(CO)OC(OC7C(CO)OC(OCCCCC1C(O)C2O)C(O)C7O)C(O)C6O)C(O)C5O)C(O)C4O)C(O)C3O. The highest BCUT2D eigenvalue weighted by Crippen LogP contribution is 2.38. The van der Waals surface area contributed by atoms with E-state index in [4.69, 9.17) is 56.8 Å². The van der Waals surface area contributed by atoms with Crippen LogP contribution < -0.4 is 0 Å². The second kappa shape index (κ2) is 24.6. The van der Waals surface area contributed by atoms with Crippen molar-refractivity contribution >= 4 is 0 Å². The van der Waals surface area contributed by atoms with Gasteiger partial charge in [-0.15, -0.1) is 0 Å². The van der Waals surface area contributed by atoms with Crippen molar-refractivity contribution in [2.75, 3.05) is 46.2 Å². The molecule has 408 valence electrons. The molecule has 18 N–H and O–H groups in total. The Morgan fingerprint density at radius 1 is 0.257 bits per heavy atom. The fraction of sp³-hybridized carbons (Fsp3) is 1.00. The molecule has 0 radical (unpaired) electrons. The van der Waals surface area contributed by atoms with Gasteiger partial charge in [0.2, 0.25) is 0 Å². The highest BCUT2D eigenvalue weighted by Gasteiger charge is 2.57. The monoisotopic (exact) mass is 1030 g/mol. The van der Waals surface area contributed by atoms with Gasteiger partial charge in [0.1, 0.15) is 128 Å². The molecule has 0 amide bonds. The van der Waals surface area contributed by atoms with Crippen LogP contribution in [0.15, 0.2) is 0 Å². The number of aliphatic hydroxyl groups is 18. The summed E-state index contributed by atoms with van der Waals surface area (Å²) in [5.74, 6) is -0.925. The van der Waals surface area contributed by atoms with Crippen LogP contribution in [0.3, 0.4) is 0 Å². The van der Waals surface area contributed by atoms with Gasteiger partial charge >= 0.3 is 0 Å². The van der Waals surface area contributed by atoms with Crippen molar-refractivity contribution < 1.29 is 149 Å². The first kappa shape index (κ1) is 56.5. The van der Waals surface area contributed by atoms with Crippen LogP contribution in [-0.4, -0.2) is 316 Å². The van der Waals surface area contributed by atoms with Crippen molar-refractivity contribution in [3.63, 3.8) is 0 Å². The molecule has 20 aliphatic heterocycles. The second-order valence-corrected chi connectivity index (χ2v) is 18.3. The van der Waals surface area contributed by atoms with Crippen LogP contribution in [0.4, 0.5) is 0 Å². The van der Waals surface area contributed by atoms with E-state index in [1.807, 2.05) is 0 Å². The van der Waals surface area contributed by atoms with Crippen molar-refractivity contribution in [2.24, 2.45) is 5.92 Å². The lowest BCUT2D eigenvalue weighted by molar-refractivity contribution is -0.396. The summed E-state index contributed by atoms with van der Waals surface area (Å²) in [5.41, 5.74) is 0. The third-order valence-electron chi connectivity index (χ3n) is 13.8. The second-order valence-electron chi connectivity index (χ2n) is 18.3. The molecule has 0 spiro atoms. The van der Waals surface area contributed by atoms with Gasteiger partial charge in [0, 0.05) is 12.5 Å². The molecule has 0 aliphatic carbocycles. The number of hydrogen-bond donors (Lipinski definition) is 18. The molecular weight excluding hydrogens is 960 g/mol. The van der Waals surface area contributed by atoms with E-state index in [-0.39, 0.29) is 25.9 Å². The van der Waals surface area contributed by atoms with Gasteiger partial charge in [0.05, 0.1) is 51.8 Å². The summed E-state index contributed by atoms with van der Waals surface area (Å²) in [6.45, 7) is -5.59. The summed E-state index contributed by atoms with van der Waals surface area (Å²) in [6.07, 6.45) is -52.6. The van der Waals surface area contributed by atoms with Gasteiger partial charge in [-0.2, -0.15) is 0 Å². The van der Waals surface area contributed by atoms with Gasteiger partial charge < -0.3 is 149 Å². The summed E-state index contributed by atoms with van der Waals surface area (Å²) in [5, 5.41) is 196. The lowest BCUT2D eigenvalue weighted by Crippen LogP contribution is -2.68. The summed E-state index contributed by atoms with van der Waals surface area (Å²) in [6, 6.07) is 0. The zero-order valence-electron chi connectivity index (χ0n) is 37.3. The van der Waals surface area contributed by atoms with Crippen molar-refractivity contribution in [3.8, 4) is 0 Å². The molecule has 20 aliphatic rings. The minimum Gasteiger partial charge on any atom is -0.394 e. The normalized spacial score (nSPS) is 53.6. The topological polar surface area (TPSA) is 475 Å². The first-order valence-corrected chi connectivity index (χ1v) is 23.1. The van der Waals surface area contributed by atoms with E-state index in [9.17, 15) is 91.9 Å². The molecule has 30 unspecified atom stereocenters. The average Bonchev–Trinajstić information content (AvgIpc) is 3.35. The van der Waals surface area contributed by atoms with Crippen LogP contribution >= 0.6 is 0 Å². The van der Waals surface area contributed by atoms with Gasteiger partial charge in [-0.25, -0.2) is 0 Å². The Morgan fingerprint density at radius 3 is 0.786 bits per heavy atom. The molecule has 20 fully saturated rings. The van der Waals surface area contributed by atoms with Gasteiger partial charge in [-0.1, -0.05) is 6.42 Å². The van der Waals surface area contributed by atoms with E-state index in [0.717, 1.165) is 0 Å². The molecule has 0 saturated carbocycles. The van der Waals surface area contributed by atoms with Crippen LogP contribution in [-0.2, 0) is 56.8 Å². The van der Waals surface area contributed by atoms with E-state index < -0.39 is 224 Å². The van der Waals surface area contributed by atoms with E-state index in [0.29, 0.717) is 0 Å². The van der Waals surface area contributed by atoms with Gasteiger partial charge in [0.15, 0.2) is 37.7 Å². The smallest absolute Gasteiger partial charge is 0.187 e. The van der Waals surface area contributed by atoms with E-state index in [1.54, 1.807) is 0 Å². The maximum absolute atomic E-state index is 11.3. The van der Waals surface area contributed by atoms with E-state index >= 15 is 0 Å². The summed E-state index contributed by atoms with van der Waals surface area (Å²) < 4.78 is 68.4. The Labute approximate surface area is 398 Å². The number of rotatable bonds is 6. The zero-order valence-corrected chi connectivity index (χ0v) is 37.3. The maximum atomic E-state index is 11.3. The van der Waals surface area contributed by atoms with Crippen LogP contribution in [0.1, 0.15) is 19.3 Å². The molecule has 70 heavy (non-hydrogen) atoms. The molecule has 0 aromatic rings. The number of ether oxygens (including phenoxy) is 12. The number of hydrogen-bond acceptors (Lipinski definition) is 30. The van der Waals surface area contributed by atoms with Crippen LogP contribution in [0, 0.1) is 5.92 Å². The molecule has 0 aromatic heterocycles. The summed E-state index contributed by atoms with van der Waals surface area (Å²) >= 11 is 0. The Kier molecular flexibility index (Phi) is 19.9. The maximum Gasteiger partial charge on any atom is 0.187 e. The fourth-order valence-electron chi connectivity index (χ4n) is 9.78. The predicted octanol–water partition coefficient (Wildman–Crippen LogP) is -11.6. The largest absolute Gasteiger partial charge is 0.394 e. The highest BCUT2D eigenvalue weighted by atomic mass is 16.8. The average molecular weight is 1030 g/mol. The molecule has 20 rings (SSSR count). The lowest BCUT2D eigenvalue weighted by Gasteiger charge is -2.50. The Morgan fingerprint density at radius 2 is 0.500 bits per heavy atom. The molecular formula is C40H68O30. The van der Waals surface area contributed by atoms with E-state index in [1.165, 1.54) is 0 Å². The minimum absolute atomic E-state index is 0.0982. The number of aliphatic hydroxyl groups excluding tert-OH is 18. The standard InChI is InChI=1S/C40H68O30/c41-5-12-11-3-1-2-4-59-35-25(54)19(48)30(13(6-42)61-35)67-37-27(56)21(50)32(15(8-44)63-37)69-39-29(58)23(52)34(17(10-46)65-39)70-40-28(57)22(51)33(16(9-45)64-40)68-38-26(55)20(49)31(14(7-43)62-38)66-36(60-12)24(53)18(11)47/h11-58H,1-10H2. The van der Waals surface area contributed by atoms with E-state index in [2.05, 4.69) is 0 Å². The van der Waals surface area contributed by atoms with Crippen molar-refractivity contribution in [1.82, 2.24) is 0 Å². The van der Waals surface area contributed by atoms with Crippen molar-refractivity contribution in [1.29, 1.82) is 0 Å². The van der Waals surface area contributed by atoms with Crippen LogP contribution in [0.25, 0.3) is 0 Å². The highest BCUT2D eigenvalue weighted by molar-refractivity contribution is 5.00. The molecule has 20 saturated heterocycles. The van der Waals surface area contributed by atoms with Gasteiger partial charge in [-0.05, 0) is 12.8 Å². The zero-order chi connectivity index (χ0) is 50.9. The van der Waals surface area contributed by atoms with Crippen LogP contribution in [0.2, 0.25) is 0 Å². The van der Waals surface area contributed by atoms with Crippen molar-refractivity contribution in [2.45, 2.75) is 197 Å². The molecule has 30 atom stereocenters. The Hall–Kier alpha value is -1.20. The summed E-state index contributed by atoms with van der Waals surface area (Å²) in [4.78, 5) is 0. The predicted molar refractivity (Wildman–Crippen MR) is 214 cm³/mol. The Balaban J connectivity index is 1.13. The van der Waals surface area contributed by atoms with Crippen LogP contribution in [0.5, 0.6) is 0 Å². The quantitative estimate of drug-likeness (QED) is 0.117. The lowest BCUT2D eigenvalue weighted by atomic mass is 9.85.